The molecule has 0 N–H and O–H groups in total. The van der Waals surface area contributed by atoms with E-state index in [4.69, 9.17) is 9.97 Å². The Morgan fingerprint density at radius 2 is 0.800 bits per heavy atom. The van der Waals surface area contributed by atoms with Gasteiger partial charge in [-0.25, -0.2) is 9.97 Å². The van der Waals surface area contributed by atoms with Crippen molar-refractivity contribution in [3.63, 3.8) is 0 Å². The molecule has 0 saturated carbocycles. The Bertz CT molecular complexity index is 3570. The third-order valence-corrected chi connectivity index (χ3v) is 11.9. The summed E-state index contributed by atoms with van der Waals surface area (Å²) >= 11 is 0. The average molecular weight is 765 g/mol. The lowest BCUT2D eigenvalue weighted by Gasteiger charge is -2.14. The Kier molecular flexibility index (Phi) is 7.82. The maximum Gasteiger partial charge on any atom is 0.160 e. The quantitative estimate of drug-likeness (QED) is 0.169. The van der Waals surface area contributed by atoms with Crippen molar-refractivity contribution in [2.45, 2.75) is 0 Å². The van der Waals surface area contributed by atoms with Crippen LogP contribution in [0.15, 0.2) is 218 Å². The Labute approximate surface area is 346 Å². The first kappa shape index (κ1) is 34.0. The molecule has 0 aliphatic rings. The molecule has 60 heavy (non-hydrogen) atoms. The van der Waals surface area contributed by atoms with E-state index < -0.39 is 0 Å². The molecule has 0 bridgehead atoms. The zero-order valence-corrected chi connectivity index (χ0v) is 32.6. The van der Waals surface area contributed by atoms with E-state index in [9.17, 15) is 0 Å². The van der Waals surface area contributed by atoms with Crippen molar-refractivity contribution in [3.05, 3.63) is 218 Å². The Morgan fingerprint density at radius 3 is 1.47 bits per heavy atom. The monoisotopic (exact) mass is 764 g/mol. The second-order valence-electron chi connectivity index (χ2n) is 15.4. The first-order valence-electron chi connectivity index (χ1n) is 20.4. The van der Waals surface area contributed by atoms with Gasteiger partial charge in [0, 0.05) is 49.3 Å². The normalized spacial score (nSPS) is 11.7. The van der Waals surface area contributed by atoms with Crippen LogP contribution in [0.1, 0.15) is 0 Å². The molecule has 0 unspecified atom stereocenters. The van der Waals surface area contributed by atoms with Crippen molar-refractivity contribution in [1.29, 1.82) is 0 Å². The number of nitrogens with zero attached hydrogens (tertiary/aromatic N) is 4. The standard InChI is InChI=1S/C56H36N4/c1-4-15-37(16-5-1)38-27-30-41(31-28-38)48-36-47(40-17-6-2-7-18-40)57-56(58-48)42-32-29-39-19-14-26-51(46(39)35-42)60-50-25-13-11-23-45(50)55-53(60)34-33-52-54(55)44-22-10-12-24-49(44)59(52)43-20-8-3-9-21-43/h1-36H. The zero-order chi connectivity index (χ0) is 39.6. The van der Waals surface area contributed by atoms with Gasteiger partial charge in [-0.3, -0.25) is 0 Å². The SMILES string of the molecule is c1ccc(-c2ccc(-c3cc(-c4ccccc4)nc(-c4ccc5cccc(-n6c7ccccc7c7c8c9ccccc9n(-c9ccccc9)c8ccc76)c5c4)n3)cc2)cc1. The predicted octanol–water partition coefficient (Wildman–Crippen LogP) is 14.5. The first-order chi connectivity index (χ1) is 29.8. The van der Waals surface area contributed by atoms with Crippen LogP contribution in [0.25, 0.3) is 111 Å². The molecule has 0 amide bonds. The van der Waals surface area contributed by atoms with E-state index in [1.54, 1.807) is 0 Å². The molecule has 0 saturated heterocycles. The number of aromatic nitrogens is 4. The minimum Gasteiger partial charge on any atom is -0.309 e. The zero-order valence-electron chi connectivity index (χ0n) is 32.6. The van der Waals surface area contributed by atoms with Crippen LogP contribution >= 0.6 is 0 Å². The van der Waals surface area contributed by atoms with Gasteiger partial charge in [0.05, 0.1) is 39.1 Å². The molecule has 0 fully saturated rings. The Morgan fingerprint density at radius 1 is 0.300 bits per heavy atom. The number of hydrogen-bond donors (Lipinski definition) is 0. The number of para-hydroxylation sites is 3. The van der Waals surface area contributed by atoms with E-state index in [1.165, 1.54) is 49.2 Å². The van der Waals surface area contributed by atoms with Crippen molar-refractivity contribution in [2.75, 3.05) is 0 Å². The molecule has 12 aromatic rings. The highest BCUT2D eigenvalue weighted by atomic mass is 15.0. The molecule has 3 aromatic heterocycles. The molecule has 3 heterocycles. The van der Waals surface area contributed by atoms with Crippen molar-refractivity contribution >= 4 is 54.4 Å². The van der Waals surface area contributed by atoms with E-state index >= 15 is 0 Å². The van der Waals surface area contributed by atoms with Gasteiger partial charge in [-0.05, 0) is 71.1 Å². The summed E-state index contributed by atoms with van der Waals surface area (Å²) in [6.07, 6.45) is 0. The van der Waals surface area contributed by atoms with E-state index in [1.807, 2.05) is 12.1 Å². The van der Waals surface area contributed by atoms with Crippen molar-refractivity contribution in [3.8, 4) is 56.4 Å². The summed E-state index contributed by atoms with van der Waals surface area (Å²) in [4.78, 5) is 10.5. The lowest BCUT2D eigenvalue weighted by molar-refractivity contribution is 1.18. The summed E-state index contributed by atoms with van der Waals surface area (Å²) in [7, 11) is 0. The largest absolute Gasteiger partial charge is 0.309 e. The third-order valence-electron chi connectivity index (χ3n) is 11.9. The molecule has 12 rings (SSSR count). The van der Waals surface area contributed by atoms with Crippen LogP contribution in [-0.4, -0.2) is 19.1 Å². The molecule has 0 radical (unpaired) electrons. The number of rotatable bonds is 6. The van der Waals surface area contributed by atoms with Gasteiger partial charge in [-0.2, -0.15) is 0 Å². The number of hydrogen-bond acceptors (Lipinski definition) is 2. The fourth-order valence-electron chi connectivity index (χ4n) is 9.17. The summed E-state index contributed by atoms with van der Waals surface area (Å²) in [6.45, 7) is 0. The smallest absolute Gasteiger partial charge is 0.160 e. The van der Waals surface area contributed by atoms with Crippen LogP contribution in [0.2, 0.25) is 0 Å². The van der Waals surface area contributed by atoms with E-state index in [0.717, 1.165) is 55.7 Å². The lowest BCUT2D eigenvalue weighted by Crippen LogP contribution is -1.98. The lowest BCUT2D eigenvalue weighted by atomic mass is 10.0. The van der Waals surface area contributed by atoms with Crippen molar-refractivity contribution in [1.82, 2.24) is 19.1 Å². The number of fused-ring (bicyclic) bond motifs is 8. The molecular weight excluding hydrogens is 729 g/mol. The van der Waals surface area contributed by atoms with Gasteiger partial charge < -0.3 is 9.13 Å². The molecule has 4 nitrogen and oxygen atoms in total. The average Bonchev–Trinajstić information content (AvgIpc) is 3.85. The van der Waals surface area contributed by atoms with Crippen LogP contribution in [0.3, 0.4) is 0 Å². The maximum atomic E-state index is 5.27. The predicted molar refractivity (Wildman–Crippen MR) is 250 cm³/mol. The summed E-state index contributed by atoms with van der Waals surface area (Å²) in [5, 5.41) is 7.27. The first-order valence-corrected chi connectivity index (χ1v) is 20.4. The number of benzene rings is 9. The second kappa shape index (κ2) is 13.8. The highest BCUT2D eigenvalue weighted by Crippen LogP contribution is 2.43. The molecule has 9 aromatic carbocycles. The summed E-state index contributed by atoms with van der Waals surface area (Å²) in [5.41, 5.74) is 14.2. The topological polar surface area (TPSA) is 35.6 Å². The molecule has 4 heteroatoms. The van der Waals surface area contributed by atoms with Gasteiger partial charge >= 0.3 is 0 Å². The minimum atomic E-state index is 0.688. The molecular formula is C56H36N4. The van der Waals surface area contributed by atoms with Gasteiger partial charge in [0.1, 0.15) is 0 Å². The van der Waals surface area contributed by atoms with Crippen LogP contribution in [0.5, 0.6) is 0 Å². The minimum absolute atomic E-state index is 0.688. The highest BCUT2D eigenvalue weighted by molar-refractivity contribution is 6.29. The van der Waals surface area contributed by atoms with Crippen LogP contribution < -0.4 is 0 Å². The molecule has 0 spiro atoms. The fraction of sp³-hybridized carbons (Fsp3) is 0. The molecule has 280 valence electrons. The highest BCUT2D eigenvalue weighted by Gasteiger charge is 2.21. The van der Waals surface area contributed by atoms with Gasteiger partial charge in [-0.1, -0.05) is 164 Å². The van der Waals surface area contributed by atoms with Gasteiger partial charge in [0.2, 0.25) is 0 Å². The molecule has 0 aliphatic carbocycles. The van der Waals surface area contributed by atoms with Crippen LogP contribution in [0.4, 0.5) is 0 Å². The Hall–Kier alpha value is -8.08. The Balaban J connectivity index is 1.07. The van der Waals surface area contributed by atoms with Crippen LogP contribution in [0, 0.1) is 0 Å². The van der Waals surface area contributed by atoms with E-state index in [2.05, 4.69) is 215 Å². The van der Waals surface area contributed by atoms with Gasteiger partial charge in [-0.15, -0.1) is 0 Å². The summed E-state index contributed by atoms with van der Waals surface area (Å²) in [6, 6.07) is 77.8. The summed E-state index contributed by atoms with van der Waals surface area (Å²) < 4.78 is 4.85. The second-order valence-corrected chi connectivity index (χ2v) is 15.4. The summed E-state index contributed by atoms with van der Waals surface area (Å²) in [5.74, 6) is 0.688. The maximum absolute atomic E-state index is 5.27. The van der Waals surface area contributed by atoms with Crippen molar-refractivity contribution in [2.24, 2.45) is 0 Å². The fourth-order valence-corrected chi connectivity index (χ4v) is 9.17. The molecule has 0 atom stereocenters. The third kappa shape index (κ3) is 5.46. The van der Waals surface area contributed by atoms with E-state index in [0.29, 0.717) is 5.82 Å². The van der Waals surface area contributed by atoms with E-state index in [-0.39, 0.29) is 0 Å². The van der Waals surface area contributed by atoms with Crippen molar-refractivity contribution < 1.29 is 0 Å². The van der Waals surface area contributed by atoms with Crippen LogP contribution in [-0.2, 0) is 0 Å². The van der Waals surface area contributed by atoms with Gasteiger partial charge in [0.15, 0.2) is 5.82 Å². The molecule has 0 aliphatic heterocycles. The van der Waals surface area contributed by atoms with Gasteiger partial charge in [0.25, 0.3) is 0 Å².